The van der Waals surface area contributed by atoms with E-state index in [9.17, 15) is 14.7 Å². The first-order valence-electron chi connectivity index (χ1n) is 8.90. The summed E-state index contributed by atoms with van der Waals surface area (Å²) in [6.07, 6.45) is 0. The van der Waals surface area contributed by atoms with Crippen molar-refractivity contribution in [2.75, 3.05) is 0 Å². The van der Waals surface area contributed by atoms with Crippen LogP contribution < -0.4 is 0 Å². The van der Waals surface area contributed by atoms with Crippen molar-refractivity contribution in [2.24, 2.45) is 0 Å². The highest BCUT2D eigenvalue weighted by Crippen LogP contribution is 2.24. The van der Waals surface area contributed by atoms with Crippen molar-refractivity contribution < 1.29 is 14.7 Å². The standard InChI is InChI=1S/C19H20N6O3/c1-10-4-5-13(6-11(10)2)14-7-15(22-21-14)18(26)25-9-17-23-20-12(3)24(17)8-16(25)19(27)28/h4-7,16H,8-9H2,1-3H3,(H,21,22)(H,27,28). The minimum Gasteiger partial charge on any atom is -0.480 e. The van der Waals surface area contributed by atoms with Gasteiger partial charge in [-0.15, -0.1) is 10.2 Å². The van der Waals surface area contributed by atoms with Crippen LogP contribution in [0.5, 0.6) is 0 Å². The second-order valence-corrected chi connectivity index (χ2v) is 7.03. The minimum atomic E-state index is -1.07. The smallest absolute Gasteiger partial charge is 0.328 e. The molecule has 0 radical (unpaired) electrons. The highest BCUT2D eigenvalue weighted by atomic mass is 16.4. The van der Waals surface area contributed by atoms with Crippen LogP contribution in [0.15, 0.2) is 24.3 Å². The molecule has 1 atom stereocenters. The first-order chi connectivity index (χ1) is 13.3. The van der Waals surface area contributed by atoms with Crippen LogP contribution in [-0.2, 0) is 17.9 Å². The van der Waals surface area contributed by atoms with E-state index >= 15 is 0 Å². The Kier molecular flexibility index (Phi) is 4.21. The highest BCUT2D eigenvalue weighted by Gasteiger charge is 2.37. The van der Waals surface area contributed by atoms with E-state index in [1.807, 2.05) is 32.0 Å². The van der Waals surface area contributed by atoms with Crippen LogP contribution >= 0.6 is 0 Å². The van der Waals surface area contributed by atoms with Gasteiger partial charge in [-0.2, -0.15) is 5.10 Å². The summed E-state index contributed by atoms with van der Waals surface area (Å²) < 4.78 is 1.73. The largest absolute Gasteiger partial charge is 0.480 e. The van der Waals surface area contributed by atoms with Crippen LogP contribution in [-0.4, -0.2) is 52.9 Å². The van der Waals surface area contributed by atoms with Gasteiger partial charge >= 0.3 is 5.97 Å². The van der Waals surface area contributed by atoms with Crippen LogP contribution in [0.1, 0.15) is 33.3 Å². The molecule has 0 fully saturated rings. The molecule has 0 spiro atoms. The third kappa shape index (κ3) is 2.94. The van der Waals surface area contributed by atoms with Crippen LogP contribution in [0.25, 0.3) is 11.3 Å². The summed E-state index contributed by atoms with van der Waals surface area (Å²) in [5.74, 6) is -0.299. The lowest BCUT2D eigenvalue weighted by Gasteiger charge is -2.33. The van der Waals surface area contributed by atoms with Crippen molar-refractivity contribution >= 4 is 11.9 Å². The quantitative estimate of drug-likeness (QED) is 0.714. The summed E-state index contributed by atoms with van der Waals surface area (Å²) in [7, 11) is 0. The number of aromatic nitrogens is 5. The summed E-state index contributed by atoms with van der Waals surface area (Å²) in [6, 6.07) is 6.60. The maximum atomic E-state index is 13.0. The van der Waals surface area contributed by atoms with Gasteiger partial charge < -0.3 is 14.6 Å². The van der Waals surface area contributed by atoms with Crippen molar-refractivity contribution in [3.8, 4) is 11.3 Å². The summed E-state index contributed by atoms with van der Waals surface area (Å²) in [5, 5.41) is 24.6. The van der Waals surface area contributed by atoms with Crippen molar-refractivity contribution in [1.29, 1.82) is 0 Å². The fourth-order valence-electron chi connectivity index (χ4n) is 3.37. The molecule has 0 saturated heterocycles. The Balaban J connectivity index is 1.64. The molecule has 0 saturated carbocycles. The Morgan fingerprint density at radius 3 is 2.64 bits per heavy atom. The molecule has 2 aromatic heterocycles. The number of carbonyl (C=O) groups excluding carboxylic acids is 1. The van der Waals surface area contributed by atoms with Crippen molar-refractivity contribution in [1.82, 2.24) is 29.9 Å². The van der Waals surface area contributed by atoms with Crippen LogP contribution in [0.3, 0.4) is 0 Å². The fourth-order valence-corrected chi connectivity index (χ4v) is 3.37. The molecule has 1 unspecified atom stereocenters. The number of carboxylic acids is 1. The van der Waals surface area contributed by atoms with Gasteiger partial charge in [-0.1, -0.05) is 12.1 Å². The molecular formula is C19H20N6O3. The first kappa shape index (κ1) is 17.9. The normalized spacial score (nSPS) is 16.1. The van der Waals surface area contributed by atoms with E-state index in [1.54, 1.807) is 17.6 Å². The third-order valence-electron chi connectivity index (χ3n) is 5.21. The highest BCUT2D eigenvalue weighted by molar-refractivity contribution is 5.96. The summed E-state index contributed by atoms with van der Waals surface area (Å²) in [5.41, 5.74) is 4.07. The zero-order chi connectivity index (χ0) is 20.0. The molecule has 0 bridgehead atoms. The van der Waals surface area contributed by atoms with Gasteiger partial charge in [-0.05, 0) is 44.0 Å². The number of amides is 1. The third-order valence-corrected chi connectivity index (χ3v) is 5.21. The first-order valence-corrected chi connectivity index (χ1v) is 8.90. The molecule has 1 amide bonds. The predicted octanol–water partition coefficient (Wildman–Crippen LogP) is 1.70. The topological polar surface area (TPSA) is 117 Å². The maximum absolute atomic E-state index is 13.0. The number of nitrogens with zero attached hydrogens (tertiary/aromatic N) is 5. The number of aliphatic carboxylic acids is 1. The molecular weight excluding hydrogens is 360 g/mol. The van der Waals surface area contributed by atoms with Crippen molar-refractivity contribution in [2.45, 2.75) is 39.9 Å². The predicted molar refractivity (Wildman–Crippen MR) is 99.6 cm³/mol. The van der Waals surface area contributed by atoms with Gasteiger partial charge in [0.1, 0.15) is 17.6 Å². The number of rotatable bonds is 3. The Morgan fingerprint density at radius 1 is 1.14 bits per heavy atom. The molecule has 2 N–H and O–H groups in total. The van der Waals surface area contributed by atoms with E-state index in [1.165, 1.54) is 10.5 Å². The van der Waals surface area contributed by atoms with Gasteiger partial charge in [0.25, 0.3) is 5.91 Å². The molecule has 28 heavy (non-hydrogen) atoms. The monoisotopic (exact) mass is 380 g/mol. The zero-order valence-electron chi connectivity index (χ0n) is 15.8. The number of benzene rings is 1. The fraction of sp³-hybridized carbons (Fsp3) is 0.316. The van der Waals surface area contributed by atoms with Gasteiger partial charge in [0.15, 0.2) is 5.82 Å². The number of aromatic amines is 1. The van der Waals surface area contributed by atoms with Gasteiger partial charge in [0.2, 0.25) is 0 Å². The number of hydrogen-bond acceptors (Lipinski definition) is 5. The van der Waals surface area contributed by atoms with Gasteiger partial charge in [0.05, 0.1) is 18.8 Å². The molecule has 1 aliphatic rings. The molecule has 1 aliphatic heterocycles. The lowest BCUT2D eigenvalue weighted by atomic mass is 10.0. The summed E-state index contributed by atoms with van der Waals surface area (Å²) >= 11 is 0. The molecule has 9 heteroatoms. The minimum absolute atomic E-state index is 0.0780. The Labute approximate surface area is 161 Å². The lowest BCUT2D eigenvalue weighted by Crippen LogP contribution is -2.50. The molecule has 1 aromatic carbocycles. The van der Waals surface area contributed by atoms with Gasteiger partial charge in [-0.3, -0.25) is 9.89 Å². The Bertz CT molecular complexity index is 1080. The number of nitrogens with one attached hydrogen (secondary N) is 1. The molecule has 3 heterocycles. The Hall–Kier alpha value is -3.49. The van der Waals surface area contributed by atoms with Gasteiger partial charge in [0, 0.05) is 5.56 Å². The second kappa shape index (κ2) is 6.59. The number of hydrogen-bond donors (Lipinski definition) is 2. The summed E-state index contributed by atoms with van der Waals surface area (Å²) in [6.45, 7) is 6.00. The molecule has 144 valence electrons. The van der Waals surface area contributed by atoms with E-state index < -0.39 is 17.9 Å². The van der Waals surface area contributed by atoms with Crippen LogP contribution in [0.2, 0.25) is 0 Å². The lowest BCUT2D eigenvalue weighted by molar-refractivity contribution is -0.143. The average molecular weight is 380 g/mol. The van der Waals surface area contributed by atoms with E-state index in [-0.39, 0.29) is 18.8 Å². The number of carboxylic acid groups (broad SMARTS) is 1. The van der Waals surface area contributed by atoms with Crippen molar-refractivity contribution in [3.63, 3.8) is 0 Å². The van der Waals surface area contributed by atoms with E-state index in [0.29, 0.717) is 17.3 Å². The molecule has 0 aliphatic carbocycles. The van der Waals surface area contributed by atoms with Gasteiger partial charge in [-0.25, -0.2) is 4.79 Å². The van der Waals surface area contributed by atoms with Crippen molar-refractivity contribution in [3.05, 3.63) is 52.7 Å². The zero-order valence-corrected chi connectivity index (χ0v) is 15.8. The number of carbonyl (C=O) groups is 2. The number of H-pyrrole nitrogens is 1. The number of fused-ring (bicyclic) bond motifs is 1. The SMILES string of the molecule is Cc1ccc(-c2cc(C(=O)N3Cc4nnc(C)n4CC3C(=O)O)[nH]n2)cc1C. The molecule has 3 aromatic rings. The van der Waals surface area contributed by atoms with E-state index in [2.05, 4.69) is 20.4 Å². The molecule has 9 nitrogen and oxygen atoms in total. The molecule has 4 rings (SSSR count). The average Bonchev–Trinajstić information content (AvgIpc) is 3.30. The number of aryl methyl sites for hydroxylation is 3. The van der Waals surface area contributed by atoms with Crippen LogP contribution in [0, 0.1) is 20.8 Å². The van der Waals surface area contributed by atoms with Crippen LogP contribution in [0.4, 0.5) is 0 Å². The summed E-state index contributed by atoms with van der Waals surface area (Å²) in [4.78, 5) is 26.1. The maximum Gasteiger partial charge on any atom is 0.328 e. The van der Waals surface area contributed by atoms with E-state index in [0.717, 1.165) is 11.1 Å². The Morgan fingerprint density at radius 2 is 1.93 bits per heavy atom. The van der Waals surface area contributed by atoms with E-state index in [4.69, 9.17) is 0 Å². The second-order valence-electron chi connectivity index (χ2n) is 7.03.